The molecule has 0 saturated carbocycles. The summed E-state index contributed by atoms with van der Waals surface area (Å²) in [6.07, 6.45) is -1.37. The minimum atomic E-state index is -4.40. The zero-order chi connectivity index (χ0) is 15.5. The first-order valence-electron chi connectivity index (χ1n) is 6.29. The van der Waals surface area contributed by atoms with Crippen molar-refractivity contribution >= 4 is 0 Å². The number of benzene rings is 1. The third-order valence-electron chi connectivity index (χ3n) is 3.17. The summed E-state index contributed by atoms with van der Waals surface area (Å²) >= 11 is 0. The van der Waals surface area contributed by atoms with E-state index in [1.165, 1.54) is 31.6 Å². The summed E-state index contributed by atoms with van der Waals surface area (Å²) in [7, 11) is 3.09. The number of hydrogen-bond acceptors (Lipinski definition) is 3. The molecule has 112 valence electrons. The second kappa shape index (κ2) is 6.13. The molecule has 21 heavy (non-hydrogen) atoms. The van der Waals surface area contributed by atoms with Gasteiger partial charge in [-0.25, -0.2) is 0 Å². The summed E-state index contributed by atoms with van der Waals surface area (Å²) in [5.74, 6) is 0.497. The quantitative estimate of drug-likeness (QED) is 0.938. The van der Waals surface area contributed by atoms with E-state index < -0.39 is 17.8 Å². The van der Waals surface area contributed by atoms with Crippen LogP contribution in [-0.2, 0) is 6.18 Å². The fraction of sp³-hybridized carbons (Fsp3) is 0.267. The predicted molar refractivity (Wildman–Crippen MR) is 73.1 cm³/mol. The molecule has 0 aliphatic heterocycles. The molecule has 0 fully saturated rings. The van der Waals surface area contributed by atoms with Crippen LogP contribution in [0.25, 0.3) is 0 Å². The topological polar surface area (TPSA) is 34.2 Å². The second-order valence-electron chi connectivity index (χ2n) is 4.46. The van der Waals surface area contributed by atoms with Crippen LogP contribution in [0.2, 0.25) is 0 Å². The van der Waals surface area contributed by atoms with Crippen LogP contribution < -0.4 is 10.1 Å². The number of hydrogen-bond donors (Lipinski definition) is 1. The first kappa shape index (κ1) is 15.3. The van der Waals surface area contributed by atoms with Crippen LogP contribution in [0, 0.1) is 0 Å². The van der Waals surface area contributed by atoms with Gasteiger partial charge in [0.25, 0.3) is 0 Å². The molecule has 0 aliphatic rings. The van der Waals surface area contributed by atoms with Crippen LogP contribution in [0.4, 0.5) is 13.2 Å². The summed E-state index contributed by atoms with van der Waals surface area (Å²) < 4.78 is 44.5. The van der Waals surface area contributed by atoms with Crippen LogP contribution in [0.5, 0.6) is 5.75 Å². The lowest BCUT2D eigenvalue weighted by atomic mass is 9.95. The number of pyridine rings is 1. The number of alkyl halides is 3. The molecule has 0 amide bonds. The Kier molecular flexibility index (Phi) is 4.47. The van der Waals surface area contributed by atoms with E-state index in [0.29, 0.717) is 11.3 Å². The molecule has 2 aromatic rings. The Labute approximate surface area is 120 Å². The zero-order valence-electron chi connectivity index (χ0n) is 11.6. The van der Waals surface area contributed by atoms with Gasteiger partial charge < -0.3 is 10.1 Å². The van der Waals surface area contributed by atoms with Crippen molar-refractivity contribution < 1.29 is 17.9 Å². The zero-order valence-corrected chi connectivity index (χ0v) is 11.6. The molecule has 1 heterocycles. The van der Waals surface area contributed by atoms with Gasteiger partial charge in [0.05, 0.1) is 24.9 Å². The van der Waals surface area contributed by atoms with Crippen molar-refractivity contribution in [2.24, 2.45) is 0 Å². The van der Waals surface area contributed by atoms with E-state index in [4.69, 9.17) is 4.74 Å². The Bertz CT molecular complexity index is 614. The van der Waals surface area contributed by atoms with E-state index >= 15 is 0 Å². The Hall–Kier alpha value is -2.08. The van der Waals surface area contributed by atoms with Crippen molar-refractivity contribution in [3.05, 3.63) is 59.4 Å². The highest BCUT2D eigenvalue weighted by Crippen LogP contribution is 2.36. The van der Waals surface area contributed by atoms with Crippen LogP contribution >= 0.6 is 0 Å². The largest absolute Gasteiger partial charge is 0.495 e. The van der Waals surface area contributed by atoms with E-state index in [9.17, 15) is 13.2 Å². The van der Waals surface area contributed by atoms with Crippen LogP contribution in [0.3, 0.4) is 0 Å². The molecule has 0 radical (unpaired) electrons. The molecule has 3 nitrogen and oxygen atoms in total. The molecule has 0 saturated heterocycles. The number of methoxy groups -OCH3 is 1. The minimum absolute atomic E-state index is 0.155. The van der Waals surface area contributed by atoms with Gasteiger partial charge in [0.2, 0.25) is 0 Å². The van der Waals surface area contributed by atoms with Gasteiger partial charge >= 0.3 is 6.18 Å². The predicted octanol–water partition coefficient (Wildman–Crippen LogP) is 3.42. The average Bonchev–Trinajstić information content (AvgIpc) is 2.48. The number of nitrogens with zero attached hydrogens (tertiary/aromatic N) is 1. The Morgan fingerprint density at radius 1 is 1.19 bits per heavy atom. The van der Waals surface area contributed by atoms with Crippen molar-refractivity contribution in [3.63, 3.8) is 0 Å². The molecule has 1 N–H and O–H groups in total. The highest BCUT2D eigenvalue weighted by molar-refractivity contribution is 5.39. The summed E-state index contributed by atoms with van der Waals surface area (Å²) in [6, 6.07) is 6.55. The SMILES string of the molecule is CNC(c1cncc(OC)c1)c1ccccc1C(F)(F)F. The Morgan fingerprint density at radius 3 is 2.52 bits per heavy atom. The third kappa shape index (κ3) is 3.33. The van der Waals surface area contributed by atoms with E-state index in [-0.39, 0.29) is 5.56 Å². The van der Waals surface area contributed by atoms with Gasteiger partial charge in [0.1, 0.15) is 5.75 Å². The molecular weight excluding hydrogens is 281 g/mol. The summed E-state index contributed by atoms with van der Waals surface area (Å²) in [6.45, 7) is 0. The third-order valence-corrected chi connectivity index (χ3v) is 3.17. The van der Waals surface area contributed by atoms with Gasteiger partial charge in [0, 0.05) is 6.20 Å². The lowest BCUT2D eigenvalue weighted by Crippen LogP contribution is -2.22. The van der Waals surface area contributed by atoms with Gasteiger partial charge in [-0.2, -0.15) is 13.2 Å². The maximum Gasteiger partial charge on any atom is 0.416 e. The van der Waals surface area contributed by atoms with Gasteiger partial charge in [-0.1, -0.05) is 18.2 Å². The van der Waals surface area contributed by atoms with Gasteiger partial charge in [-0.05, 0) is 30.3 Å². The lowest BCUT2D eigenvalue weighted by Gasteiger charge is -2.21. The fourth-order valence-electron chi connectivity index (χ4n) is 2.21. The molecule has 1 aromatic heterocycles. The molecule has 1 atom stereocenters. The molecular formula is C15H15F3N2O. The minimum Gasteiger partial charge on any atom is -0.495 e. The Balaban J connectivity index is 2.51. The van der Waals surface area contributed by atoms with Crippen molar-refractivity contribution in [2.75, 3.05) is 14.2 Å². The maximum atomic E-state index is 13.1. The monoisotopic (exact) mass is 296 g/mol. The molecule has 0 spiro atoms. The lowest BCUT2D eigenvalue weighted by molar-refractivity contribution is -0.138. The summed E-state index contributed by atoms with van der Waals surface area (Å²) in [5.41, 5.74) is 0.100. The standard InChI is InChI=1S/C15H15F3N2O/c1-19-14(10-7-11(21-2)9-20-8-10)12-5-3-4-6-13(12)15(16,17)18/h3-9,14,19H,1-2H3. The number of halogens is 3. The number of nitrogens with one attached hydrogen (secondary N) is 1. The van der Waals surface area contributed by atoms with Crippen LogP contribution in [0.1, 0.15) is 22.7 Å². The fourth-order valence-corrected chi connectivity index (χ4v) is 2.21. The molecule has 1 unspecified atom stereocenters. The van der Waals surface area contributed by atoms with Crippen molar-refractivity contribution in [1.82, 2.24) is 10.3 Å². The molecule has 6 heteroatoms. The van der Waals surface area contributed by atoms with E-state index in [1.54, 1.807) is 19.2 Å². The normalized spacial score (nSPS) is 13.0. The van der Waals surface area contributed by atoms with Crippen molar-refractivity contribution in [2.45, 2.75) is 12.2 Å². The molecule has 0 aliphatic carbocycles. The highest BCUT2D eigenvalue weighted by Gasteiger charge is 2.35. The van der Waals surface area contributed by atoms with Crippen molar-refractivity contribution in [3.8, 4) is 5.75 Å². The molecule has 2 rings (SSSR count). The summed E-state index contributed by atoms with van der Waals surface area (Å²) in [5, 5.41) is 2.90. The van der Waals surface area contributed by atoms with Crippen LogP contribution in [-0.4, -0.2) is 19.1 Å². The number of rotatable bonds is 4. The molecule has 1 aromatic carbocycles. The van der Waals surface area contributed by atoms with E-state index in [2.05, 4.69) is 10.3 Å². The van der Waals surface area contributed by atoms with Gasteiger partial charge in [0.15, 0.2) is 0 Å². The average molecular weight is 296 g/mol. The van der Waals surface area contributed by atoms with E-state index in [1.807, 2.05) is 0 Å². The number of ether oxygens (including phenoxy) is 1. The smallest absolute Gasteiger partial charge is 0.416 e. The maximum absolute atomic E-state index is 13.1. The van der Waals surface area contributed by atoms with Gasteiger partial charge in [-0.3, -0.25) is 4.98 Å². The number of aromatic nitrogens is 1. The molecule has 0 bridgehead atoms. The summed E-state index contributed by atoms with van der Waals surface area (Å²) in [4.78, 5) is 4.00. The van der Waals surface area contributed by atoms with Crippen LogP contribution in [0.15, 0.2) is 42.7 Å². The first-order chi connectivity index (χ1) is 9.97. The van der Waals surface area contributed by atoms with E-state index in [0.717, 1.165) is 6.07 Å². The highest BCUT2D eigenvalue weighted by atomic mass is 19.4. The van der Waals surface area contributed by atoms with Gasteiger partial charge in [-0.15, -0.1) is 0 Å². The second-order valence-corrected chi connectivity index (χ2v) is 4.46. The Morgan fingerprint density at radius 2 is 1.90 bits per heavy atom. The van der Waals surface area contributed by atoms with Crippen molar-refractivity contribution in [1.29, 1.82) is 0 Å². The first-order valence-corrected chi connectivity index (χ1v) is 6.29.